The summed E-state index contributed by atoms with van der Waals surface area (Å²) >= 11 is 0. The van der Waals surface area contributed by atoms with Gasteiger partial charge in [0.05, 0.1) is 18.9 Å². The van der Waals surface area contributed by atoms with Crippen molar-refractivity contribution in [1.82, 2.24) is 24.4 Å². The summed E-state index contributed by atoms with van der Waals surface area (Å²) in [5.74, 6) is -0.255. The van der Waals surface area contributed by atoms with E-state index in [2.05, 4.69) is 24.4 Å². The summed E-state index contributed by atoms with van der Waals surface area (Å²) < 4.78 is 21.3. The highest BCUT2D eigenvalue weighted by atomic mass is 19.1. The number of morpholine rings is 1. The van der Waals surface area contributed by atoms with Crippen LogP contribution in [-0.4, -0.2) is 57.3 Å². The highest BCUT2D eigenvalue weighted by Crippen LogP contribution is 2.39. The Kier molecular flexibility index (Phi) is 5.69. The van der Waals surface area contributed by atoms with Gasteiger partial charge in [0.25, 0.3) is 0 Å². The van der Waals surface area contributed by atoms with Crippen LogP contribution in [0.3, 0.4) is 0 Å². The summed E-state index contributed by atoms with van der Waals surface area (Å²) in [5, 5.41) is 0. The van der Waals surface area contributed by atoms with Gasteiger partial charge in [-0.2, -0.15) is 0 Å². The number of pyridine rings is 1. The lowest BCUT2D eigenvalue weighted by Crippen LogP contribution is -2.37. The van der Waals surface area contributed by atoms with Crippen LogP contribution in [0.15, 0.2) is 61.2 Å². The van der Waals surface area contributed by atoms with Gasteiger partial charge in [0, 0.05) is 62.1 Å². The molecule has 1 aromatic carbocycles. The first-order valence-electron chi connectivity index (χ1n) is 10.6. The zero-order valence-corrected chi connectivity index (χ0v) is 17.2. The SMILES string of the molecule is Fc1ccc(-c2c(-c3ccncc3)n(CCCN3CCOCC3)c3nccnc23)cc1. The van der Waals surface area contributed by atoms with E-state index in [1.54, 1.807) is 24.8 Å². The molecule has 1 aliphatic rings. The van der Waals surface area contributed by atoms with E-state index in [9.17, 15) is 4.39 Å². The standard InChI is InChI=1S/C24H24FN5O/c25-20-4-2-18(3-5-20)21-22-24(28-11-10-27-22)30(23(21)19-6-8-26-9-7-19)13-1-12-29-14-16-31-17-15-29/h2-11H,1,12-17H2. The van der Waals surface area contributed by atoms with Gasteiger partial charge in [0.2, 0.25) is 0 Å². The molecule has 4 aromatic rings. The number of hydrogen-bond acceptors (Lipinski definition) is 5. The molecule has 7 heteroatoms. The highest BCUT2D eigenvalue weighted by Gasteiger charge is 2.22. The molecule has 158 valence electrons. The molecule has 6 nitrogen and oxygen atoms in total. The molecule has 5 rings (SSSR count). The maximum atomic E-state index is 13.6. The smallest absolute Gasteiger partial charge is 0.159 e. The van der Waals surface area contributed by atoms with Crippen LogP contribution in [0.2, 0.25) is 0 Å². The quantitative estimate of drug-likeness (QED) is 0.474. The number of ether oxygens (including phenoxy) is 1. The molecule has 0 bridgehead atoms. The van der Waals surface area contributed by atoms with Gasteiger partial charge in [0.15, 0.2) is 5.65 Å². The van der Waals surface area contributed by atoms with Crippen molar-refractivity contribution < 1.29 is 9.13 Å². The van der Waals surface area contributed by atoms with E-state index < -0.39 is 0 Å². The third kappa shape index (κ3) is 4.06. The molecule has 0 saturated carbocycles. The highest BCUT2D eigenvalue weighted by molar-refractivity contribution is 6.00. The second-order valence-electron chi connectivity index (χ2n) is 7.65. The molecule has 0 unspecified atom stereocenters. The van der Waals surface area contributed by atoms with Crippen LogP contribution in [0, 0.1) is 5.82 Å². The van der Waals surface area contributed by atoms with Crippen LogP contribution >= 0.6 is 0 Å². The monoisotopic (exact) mass is 417 g/mol. The molecule has 3 aromatic heterocycles. The maximum Gasteiger partial charge on any atom is 0.159 e. The van der Waals surface area contributed by atoms with Gasteiger partial charge in [-0.1, -0.05) is 12.1 Å². The van der Waals surface area contributed by atoms with Gasteiger partial charge in [-0.3, -0.25) is 14.9 Å². The van der Waals surface area contributed by atoms with Crippen LogP contribution in [0.4, 0.5) is 4.39 Å². The summed E-state index contributed by atoms with van der Waals surface area (Å²) in [6, 6.07) is 10.6. The first-order chi connectivity index (χ1) is 15.3. The Morgan fingerprint density at radius 1 is 0.839 bits per heavy atom. The fourth-order valence-corrected chi connectivity index (χ4v) is 4.25. The molecule has 0 atom stereocenters. The Balaban J connectivity index is 1.60. The summed E-state index contributed by atoms with van der Waals surface area (Å²) in [7, 11) is 0. The fraction of sp³-hybridized carbons (Fsp3) is 0.292. The third-order valence-electron chi connectivity index (χ3n) is 5.72. The number of fused-ring (bicyclic) bond motifs is 1. The number of hydrogen-bond donors (Lipinski definition) is 0. The van der Waals surface area contributed by atoms with Gasteiger partial charge in [-0.05, 0) is 36.2 Å². The van der Waals surface area contributed by atoms with Gasteiger partial charge in [0.1, 0.15) is 11.3 Å². The maximum absolute atomic E-state index is 13.6. The number of halogens is 1. The van der Waals surface area contributed by atoms with Gasteiger partial charge >= 0.3 is 0 Å². The number of rotatable bonds is 6. The molecule has 0 radical (unpaired) electrons. The second kappa shape index (κ2) is 8.91. The van der Waals surface area contributed by atoms with E-state index in [0.29, 0.717) is 0 Å². The minimum Gasteiger partial charge on any atom is -0.379 e. The summed E-state index contributed by atoms with van der Waals surface area (Å²) in [4.78, 5) is 16.0. The van der Waals surface area contributed by atoms with Crippen molar-refractivity contribution in [2.75, 3.05) is 32.8 Å². The molecule has 1 fully saturated rings. The summed E-state index contributed by atoms with van der Waals surface area (Å²) in [6.07, 6.45) is 8.01. The van der Waals surface area contributed by atoms with Gasteiger partial charge in [-0.25, -0.2) is 9.37 Å². The lowest BCUT2D eigenvalue weighted by Gasteiger charge is -2.26. The largest absolute Gasteiger partial charge is 0.379 e. The minimum atomic E-state index is -0.255. The third-order valence-corrected chi connectivity index (χ3v) is 5.72. The normalized spacial score (nSPS) is 14.9. The van der Waals surface area contributed by atoms with E-state index in [-0.39, 0.29) is 5.82 Å². The van der Waals surface area contributed by atoms with Crippen molar-refractivity contribution in [2.24, 2.45) is 0 Å². The van der Waals surface area contributed by atoms with E-state index in [0.717, 1.165) is 79.4 Å². The molecular formula is C24H24FN5O. The van der Waals surface area contributed by atoms with E-state index >= 15 is 0 Å². The minimum absolute atomic E-state index is 0.255. The summed E-state index contributed by atoms with van der Waals surface area (Å²) in [6.45, 7) is 5.37. The summed E-state index contributed by atoms with van der Waals surface area (Å²) in [5.41, 5.74) is 5.65. The van der Waals surface area contributed by atoms with Crippen LogP contribution in [0.25, 0.3) is 33.5 Å². The fourth-order valence-electron chi connectivity index (χ4n) is 4.25. The van der Waals surface area contributed by atoms with Crippen molar-refractivity contribution in [3.8, 4) is 22.4 Å². The molecule has 0 spiro atoms. The predicted molar refractivity (Wildman–Crippen MR) is 118 cm³/mol. The average Bonchev–Trinajstić information content (AvgIpc) is 3.15. The van der Waals surface area contributed by atoms with Gasteiger partial charge < -0.3 is 9.30 Å². The Morgan fingerprint density at radius 3 is 2.35 bits per heavy atom. The number of benzene rings is 1. The number of aromatic nitrogens is 4. The molecule has 31 heavy (non-hydrogen) atoms. The zero-order chi connectivity index (χ0) is 21.0. The number of nitrogens with zero attached hydrogens (tertiary/aromatic N) is 5. The van der Waals surface area contributed by atoms with E-state index in [1.807, 2.05) is 24.3 Å². The first-order valence-corrected chi connectivity index (χ1v) is 10.6. The van der Waals surface area contributed by atoms with Crippen molar-refractivity contribution >= 4 is 11.2 Å². The van der Waals surface area contributed by atoms with E-state index in [1.165, 1.54) is 12.1 Å². The van der Waals surface area contributed by atoms with Crippen molar-refractivity contribution in [2.45, 2.75) is 13.0 Å². The predicted octanol–water partition coefficient (Wildman–Crippen LogP) is 4.02. The van der Waals surface area contributed by atoms with Crippen LogP contribution in [0.1, 0.15) is 6.42 Å². The molecule has 0 aliphatic carbocycles. The number of aryl methyl sites for hydroxylation is 1. The Morgan fingerprint density at radius 2 is 1.58 bits per heavy atom. The lowest BCUT2D eigenvalue weighted by molar-refractivity contribution is 0.0370. The lowest BCUT2D eigenvalue weighted by atomic mass is 10.0. The first kappa shape index (κ1) is 19.8. The molecule has 4 heterocycles. The topological polar surface area (TPSA) is 56.1 Å². The molecule has 1 aliphatic heterocycles. The van der Waals surface area contributed by atoms with Gasteiger partial charge in [-0.15, -0.1) is 0 Å². The Hall–Kier alpha value is -3.16. The van der Waals surface area contributed by atoms with Crippen molar-refractivity contribution in [3.63, 3.8) is 0 Å². The Labute approximate surface area is 180 Å². The zero-order valence-electron chi connectivity index (χ0n) is 17.2. The van der Waals surface area contributed by atoms with E-state index in [4.69, 9.17) is 4.74 Å². The van der Waals surface area contributed by atoms with Crippen molar-refractivity contribution in [1.29, 1.82) is 0 Å². The molecular weight excluding hydrogens is 393 g/mol. The van der Waals surface area contributed by atoms with Crippen LogP contribution < -0.4 is 0 Å². The Bertz CT molecular complexity index is 1150. The second-order valence-corrected chi connectivity index (χ2v) is 7.65. The van der Waals surface area contributed by atoms with Crippen LogP contribution in [0.5, 0.6) is 0 Å². The molecule has 1 saturated heterocycles. The van der Waals surface area contributed by atoms with Crippen LogP contribution in [-0.2, 0) is 11.3 Å². The molecule has 0 N–H and O–H groups in total. The van der Waals surface area contributed by atoms with Crippen molar-refractivity contribution in [3.05, 3.63) is 67.0 Å². The molecule has 0 amide bonds. The average molecular weight is 417 g/mol.